The second-order valence-electron chi connectivity index (χ2n) is 5.94. The first-order chi connectivity index (χ1) is 10.7. The van der Waals surface area contributed by atoms with Crippen molar-refractivity contribution >= 4 is 19.2 Å². The quantitative estimate of drug-likeness (QED) is 0.353. The summed E-state index contributed by atoms with van der Waals surface area (Å²) in [5, 5.41) is 9.68. The highest BCUT2D eigenvalue weighted by atomic mass is 31.2. The van der Waals surface area contributed by atoms with Crippen LogP contribution in [0.2, 0.25) is 0 Å². The van der Waals surface area contributed by atoms with E-state index >= 15 is 0 Å². The lowest BCUT2D eigenvalue weighted by Gasteiger charge is -2.29. The molecule has 0 aromatic heterocycles. The monoisotopic (exact) mass is 347 g/mol. The molecule has 134 valence electrons. The van der Waals surface area contributed by atoms with Crippen LogP contribution < -0.4 is 0 Å². The first-order valence-corrected chi connectivity index (χ1v) is 10.7. The fraction of sp³-hybridized carbons (Fsp3) is 0.765. The van der Waals surface area contributed by atoms with Crippen LogP contribution in [0, 0.1) is 0 Å². The molecule has 0 aliphatic rings. The van der Waals surface area contributed by atoms with Crippen LogP contribution in [0.15, 0.2) is 12.2 Å². The van der Waals surface area contributed by atoms with Crippen molar-refractivity contribution in [3.63, 3.8) is 0 Å². The van der Waals surface area contributed by atoms with Crippen LogP contribution in [0.3, 0.4) is 0 Å². The molecule has 0 aromatic carbocycles. The predicted molar refractivity (Wildman–Crippen MR) is 95.4 cm³/mol. The van der Waals surface area contributed by atoms with Crippen LogP contribution in [-0.2, 0) is 19.1 Å². The molecule has 0 aromatic rings. The van der Waals surface area contributed by atoms with Gasteiger partial charge in [-0.3, -0.25) is 4.79 Å². The third-order valence-corrected chi connectivity index (χ3v) is 10.3. The van der Waals surface area contributed by atoms with Gasteiger partial charge in [0, 0.05) is 12.8 Å². The van der Waals surface area contributed by atoms with Gasteiger partial charge in [-0.2, -0.15) is 0 Å². The number of hydrogen-bond donors (Lipinski definition) is 1. The van der Waals surface area contributed by atoms with Crippen molar-refractivity contribution < 1.29 is 24.2 Å². The molecule has 0 heterocycles. The van der Waals surface area contributed by atoms with Gasteiger partial charge >= 0.3 is 11.9 Å². The van der Waals surface area contributed by atoms with E-state index in [1.165, 1.54) is 6.92 Å². The van der Waals surface area contributed by atoms with Crippen molar-refractivity contribution in [3.8, 4) is 0 Å². The van der Waals surface area contributed by atoms with E-state index in [9.17, 15) is 14.7 Å². The fourth-order valence-corrected chi connectivity index (χ4v) is 6.38. The van der Waals surface area contributed by atoms with Gasteiger partial charge in [-0.25, -0.2) is 4.79 Å². The molecule has 6 heteroatoms. The summed E-state index contributed by atoms with van der Waals surface area (Å²) in [6.45, 7) is 13.3. The summed E-state index contributed by atoms with van der Waals surface area (Å²) in [5.41, 5.74) is 0.593. The van der Waals surface area contributed by atoms with Crippen molar-refractivity contribution in [2.45, 2.75) is 52.8 Å². The fourth-order valence-electron chi connectivity index (χ4n) is 2.63. The second kappa shape index (κ2) is 10.8. The molecule has 2 unspecified atom stereocenters. The molecule has 0 radical (unpaired) electrons. The Morgan fingerprint density at radius 2 is 1.57 bits per heavy atom. The Morgan fingerprint density at radius 3 is 2.00 bits per heavy atom. The third-order valence-electron chi connectivity index (χ3n) is 4.48. The number of hydrogen-bond acceptors (Lipinski definition) is 5. The molecular formula is C17H32O5P+. The van der Waals surface area contributed by atoms with E-state index in [-0.39, 0.29) is 24.8 Å². The van der Waals surface area contributed by atoms with Gasteiger partial charge in [0.2, 0.25) is 0 Å². The topological polar surface area (TPSA) is 72.8 Å². The normalized spacial score (nSPS) is 14.0. The van der Waals surface area contributed by atoms with E-state index in [1.807, 2.05) is 0 Å². The number of carbonyl (C=O) groups excluding carboxylic acids is 2. The number of rotatable bonds is 11. The zero-order chi connectivity index (χ0) is 18.0. The molecule has 0 aliphatic heterocycles. The Balaban J connectivity index is 4.25. The van der Waals surface area contributed by atoms with Crippen molar-refractivity contribution in [2.75, 3.05) is 31.7 Å². The van der Waals surface area contributed by atoms with E-state index in [2.05, 4.69) is 34.3 Å². The van der Waals surface area contributed by atoms with E-state index in [0.29, 0.717) is 12.1 Å². The van der Waals surface area contributed by atoms with Crippen LogP contribution in [0.5, 0.6) is 0 Å². The lowest BCUT2D eigenvalue weighted by molar-refractivity contribution is -0.150. The maximum absolute atomic E-state index is 12.0. The molecule has 0 aliphatic carbocycles. The summed E-state index contributed by atoms with van der Waals surface area (Å²) in [6, 6.07) is 0. The largest absolute Gasteiger partial charge is 0.463 e. The van der Waals surface area contributed by atoms with Gasteiger partial charge < -0.3 is 14.6 Å². The van der Waals surface area contributed by atoms with Crippen LogP contribution in [-0.4, -0.2) is 60.5 Å². The molecule has 0 amide bonds. The average Bonchev–Trinajstić information content (AvgIpc) is 2.52. The summed E-state index contributed by atoms with van der Waals surface area (Å²) >= 11 is 0. The smallest absolute Gasteiger partial charge is 0.333 e. The lowest BCUT2D eigenvalue weighted by Crippen LogP contribution is -2.27. The van der Waals surface area contributed by atoms with Crippen molar-refractivity contribution in [2.24, 2.45) is 0 Å². The van der Waals surface area contributed by atoms with Gasteiger partial charge in [0.25, 0.3) is 0 Å². The standard InChI is InChI=1S/C17H32O5P/c1-7-23(8-2,9-3)14(6)10-16(19)21-11-15(18)12-22-17(20)13(4)5/h14-15,18H,4,7-12H2,1-3,5-6H3/q+1. The number of aliphatic hydroxyl groups excluding tert-OH is 1. The number of carbonyl (C=O) groups is 2. The van der Waals surface area contributed by atoms with Gasteiger partial charge in [0.15, 0.2) is 0 Å². The van der Waals surface area contributed by atoms with E-state index in [0.717, 1.165) is 18.5 Å². The number of aliphatic hydroxyl groups is 1. The first-order valence-electron chi connectivity index (χ1n) is 8.24. The highest BCUT2D eigenvalue weighted by Crippen LogP contribution is 2.62. The molecule has 0 spiro atoms. The molecular weight excluding hydrogens is 315 g/mol. The van der Waals surface area contributed by atoms with Crippen LogP contribution in [0.4, 0.5) is 0 Å². The SMILES string of the molecule is C=C(C)C(=O)OCC(O)COC(=O)CC(C)[P+](CC)(CC)CC. The molecule has 0 bridgehead atoms. The minimum atomic E-state index is -1.11. The Kier molecular flexibility index (Phi) is 10.3. The van der Waals surface area contributed by atoms with Gasteiger partial charge in [-0.05, 0) is 34.6 Å². The van der Waals surface area contributed by atoms with Crippen LogP contribution >= 0.6 is 7.26 Å². The predicted octanol–water partition coefficient (Wildman–Crippen LogP) is 2.87. The number of ether oxygens (including phenoxy) is 2. The van der Waals surface area contributed by atoms with Crippen molar-refractivity contribution in [3.05, 3.63) is 12.2 Å². The summed E-state index contributed by atoms with van der Waals surface area (Å²) in [5.74, 6) is -0.866. The highest BCUT2D eigenvalue weighted by molar-refractivity contribution is 7.76. The molecule has 0 fully saturated rings. The average molecular weight is 347 g/mol. The minimum absolute atomic E-state index is 0.162. The molecule has 23 heavy (non-hydrogen) atoms. The van der Waals surface area contributed by atoms with Crippen molar-refractivity contribution in [1.29, 1.82) is 0 Å². The maximum Gasteiger partial charge on any atom is 0.333 e. The first kappa shape index (κ1) is 22.1. The lowest BCUT2D eigenvalue weighted by atomic mass is 10.3. The maximum atomic E-state index is 12.0. The van der Waals surface area contributed by atoms with E-state index in [4.69, 9.17) is 9.47 Å². The highest BCUT2D eigenvalue weighted by Gasteiger charge is 2.39. The van der Waals surface area contributed by atoms with Gasteiger partial charge in [0.1, 0.15) is 19.3 Å². The Labute approximate surface area is 140 Å². The molecule has 0 rings (SSSR count). The summed E-state index contributed by atoms with van der Waals surface area (Å²) in [6.07, 6.45) is 2.76. The summed E-state index contributed by atoms with van der Waals surface area (Å²) in [4.78, 5) is 23.2. The third kappa shape index (κ3) is 7.45. The number of esters is 2. The van der Waals surface area contributed by atoms with Gasteiger partial charge in [0.05, 0.1) is 30.6 Å². The Morgan fingerprint density at radius 1 is 1.09 bits per heavy atom. The second-order valence-corrected chi connectivity index (χ2v) is 11.2. The van der Waals surface area contributed by atoms with Gasteiger partial charge in [-0.15, -0.1) is 0 Å². The van der Waals surface area contributed by atoms with E-state index < -0.39 is 19.3 Å². The van der Waals surface area contributed by atoms with Gasteiger partial charge in [-0.1, -0.05) is 6.58 Å². The summed E-state index contributed by atoms with van der Waals surface area (Å²) < 4.78 is 9.92. The summed E-state index contributed by atoms with van der Waals surface area (Å²) in [7, 11) is -1.11. The zero-order valence-corrected chi connectivity index (χ0v) is 16.0. The molecule has 5 nitrogen and oxygen atoms in total. The van der Waals surface area contributed by atoms with E-state index in [1.54, 1.807) is 0 Å². The Bertz CT molecular complexity index is 396. The molecule has 0 saturated carbocycles. The van der Waals surface area contributed by atoms with Crippen molar-refractivity contribution in [1.82, 2.24) is 0 Å². The van der Waals surface area contributed by atoms with Crippen LogP contribution in [0.1, 0.15) is 41.0 Å². The molecule has 1 N–H and O–H groups in total. The van der Waals surface area contributed by atoms with Crippen LogP contribution in [0.25, 0.3) is 0 Å². The molecule has 2 atom stereocenters. The minimum Gasteiger partial charge on any atom is -0.463 e. The Hall–Kier alpha value is -0.930. The molecule has 0 saturated heterocycles. The zero-order valence-electron chi connectivity index (χ0n) is 15.1.